The summed E-state index contributed by atoms with van der Waals surface area (Å²) in [5.41, 5.74) is 2.46. The third-order valence-electron chi connectivity index (χ3n) is 4.05. The van der Waals surface area contributed by atoms with Crippen LogP contribution in [0.3, 0.4) is 0 Å². The van der Waals surface area contributed by atoms with Crippen molar-refractivity contribution in [3.8, 4) is 0 Å². The molecule has 1 unspecified atom stereocenters. The lowest BCUT2D eigenvalue weighted by molar-refractivity contribution is 0.0889. The van der Waals surface area contributed by atoms with Gasteiger partial charge in [-0.2, -0.15) is 5.10 Å². The molecule has 2 rings (SSSR count). The van der Waals surface area contributed by atoms with E-state index >= 15 is 0 Å². The second-order valence-electron chi connectivity index (χ2n) is 5.63. The normalized spacial score (nSPS) is 19.6. The number of nitrogens with zero attached hydrogens (tertiary/aromatic N) is 3. The van der Waals surface area contributed by atoms with E-state index in [0.717, 1.165) is 44.7 Å². The first-order chi connectivity index (χ1) is 9.67. The van der Waals surface area contributed by atoms with E-state index in [4.69, 9.17) is 4.74 Å². The molecule has 1 aliphatic heterocycles. The Morgan fingerprint density at radius 2 is 2.25 bits per heavy atom. The van der Waals surface area contributed by atoms with Gasteiger partial charge in [-0.1, -0.05) is 6.92 Å². The number of piperidine rings is 1. The number of nitrogens with one attached hydrogen (secondary N) is 1. The van der Waals surface area contributed by atoms with Crippen LogP contribution in [0.5, 0.6) is 0 Å². The Morgan fingerprint density at radius 3 is 2.95 bits per heavy atom. The van der Waals surface area contributed by atoms with Crippen molar-refractivity contribution in [1.29, 1.82) is 0 Å². The molecule has 2 heterocycles. The highest BCUT2D eigenvalue weighted by atomic mass is 16.5. The molecule has 1 aliphatic rings. The Morgan fingerprint density at radius 1 is 1.45 bits per heavy atom. The molecule has 114 valence electrons. The van der Waals surface area contributed by atoms with E-state index in [1.54, 1.807) is 0 Å². The maximum absolute atomic E-state index is 5.54. The highest BCUT2D eigenvalue weighted by Gasteiger charge is 2.25. The van der Waals surface area contributed by atoms with Crippen molar-refractivity contribution in [3.63, 3.8) is 0 Å². The Labute approximate surface area is 122 Å². The summed E-state index contributed by atoms with van der Waals surface area (Å²) in [5.74, 6) is 1.26. The monoisotopic (exact) mass is 280 g/mol. The quantitative estimate of drug-likeness (QED) is 0.808. The highest BCUT2D eigenvalue weighted by molar-refractivity contribution is 5.50. The van der Waals surface area contributed by atoms with Crippen LogP contribution in [0.15, 0.2) is 0 Å². The molecule has 0 radical (unpaired) electrons. The van der Waals surface area contributed by atoms with Gasteiger partial charge in [-0.15, -0.1) is 0 Å². The molecule has 5 heteroatoms. The molecule has 20 heavy (non-hydrogen) atoms. The zero-order valence-corrected chi connectivity index (χ0v) is 13.3. The largest absolute Gasteiger partial charge is 0.380 e. The third kappa shape index (κ3) is 3.33. The van der Waals surface area contributed by atoms with Crippen LogP contribution in [-0.4, -0.2) is 42.6 Å². The van der Waals surface area contributed by atoms with Gasteiger partial charge in [0.15, 0.2) is 0 Å². The van der Waals surface area contributed by atoms with Gasteiger partial charge >= 0.3 is 0 Å². The molecule has 1 aromatic heterocycles. The number of hydrogen-bond acceptors (Lipinski definition) is 4. The molecule has 1 N–H and O–H groups in total. The minimum Gasteiger partial charge on any atom is -0.380 e. The van der Waals surface area contributed by atoms with Crippen molar-refractivity contribution < 1.29 is 4.74 Å². The maximum atomic E-state index is 5.54. The highest BCUT2D eigenvalue weighted by Crippen LogP contribution is 2.26. The molecule has 1 atom stereocenters. The zero-order valence-electron chi connectivity index (χ0n) is 13.3. The van der Waals surface area contributed by atoms with Gasteiger partial charge in [0.2, 0.25) is 0 Å². The summed E-state index contributed by atoms with van der Waals surface area (Å²) < 4.78 is 7.57. The summed E-state index contributed by atoms with van der Waals surface area (Å²) in [5, 5.41) is 8.11. The Hall–Kier alpha value is -1.07. The Bertz CT molecular complexity index is 430. The molecule has 0 saturated carbocycles. The van der Waals surface area contributed by atoms with Crippen LogP contribution in [0.25, 0.3) is 0 Å². The van der Waals surface area contributed by atoms with Crippen LogP contribution < -0.4 is 10.2 Å². The van der Waals surface area contributed by atoms with Gasteiger partial charge in [0.1, 0.15) is 5.82 Å². The molecule has 0 amide bonds. The molecular formula is C15H28N4O. The van der Waals surface area contributed by atoms with E-state index in [1.807, 2.05) is 18.8 Å². The SMILES string of the molecule is CCCNCc1c(C)nn(C)c1N1CCCC(OC)C1. The van der Waals surface area contributed by atoms with E-state index in [9.17, 15) is 0 Å². The minimum atomic E-state index is 0.343. The molecular weight excluding hydrogens is 252 g/mol. The average molecular weight is 280 g/mol. The van der Waals surface area contributed by atoms with Crippen LogP contribution in [0.4, 0.5) is 5.82 Å². The predicted octanol–water partition coefficient (Wildman–Crippen LogP) is 1.84. The standard InChI is InChI=1S/C15H28N4O/c1-5-8-16-10-14-12(2)17-18(3)15(14)19-9-6-7-13(11-19)20-4/h13,16H,5-11H2,1-4H3. The number of aryl methyl sites for hydroxylation is 2. The lowest BCUT2D eigenvalue weighted by Gasteiger charge is -2.34. The van der Waals surface area contributed by atoms with E-state index < -0.39 is 0 Å². The predicted molar refractivity (Wildman–Crippen MR) is 82.2 cm³/mol. The average Bonchev–Trinajstić information content (AvgIpc) is 2.73. The molecule has 0 aromatic carbocycles. The molecule has 0 spiro atoms. The van der Waals surface area contributed by atoms with Gasteiger partial charge < -0.3 is 15.0 Å². The second kappa shape index (κ2) is 7.09. The fraction of sp³-hybridized carbons (Fsp3) is 0.800. The van der Waals surface area contributed by atoms with E-state index in [0.29, 0.717) is 6.10 Å². The fourth-order valence-electron chi connectivity index (χ4n) is 3.01. The number of ether oxygens (including phenoxy) is 1. The van der Waals surface area contributed by atoms with Crippen molar-refractivity contribution in [2.45, 2.75) is 45.8 Å². The van der Waals surface area contributed by atoms with Gasteiger partial charge in [-0.25, -0.2) is 0 Å². The number of methoxy groups -OCH3 is 1. The van der Waals surface area contributed by atoms with Crippen LogP contribution in [-0.2, 0) is 18.3 Å². The molecule has 1 saturated heterocycles. The second-order valence-corrected chi connectivity index (χ2v) is 5.63. The summed E-state index contributed by atoms with van der Waals surface area (Å²) in [7, 11) is 3.86. The summed E-state index contributed by atoms with van der Waals surface area (Å²) in [4.78, 5) is 2.43. The molecule has 0 bridgehead atoms. The lowest BCUT2D eigenvalue weighted by atomic mass is 10.1. The van der Waals surface area contributed by atoms with Gasteiger partial charge in [0.05, 0.1) is 11.8 Å². The molecule has 5 nitrogen and oxygen atoms in total. The fourth-order valence-corrected chi connectivity index (χ4v) is 3.01. The van der Waals surface area contributed by atoms with Gasteiger partial charge in [0.25, 0.3) is 0 Å². The number of rotatable bonds is 6. The number of hydrogen-bond donors (Lipinski definition) is 1. The first-order valence-electron chi connectivity index (χ1n) is 7.68. The summed E-state index contributed by atoms with van der Waals surface area (Å²) in [6.45, 7) is 8.31. The van der Waals surface area contributed by atoms with Crippen molar-refractivity contribution >= 4 is 5.82 Å². The van der Waals surface area contributed by atoms with Gasteiger partial charge in [-0.3, -0.25) is 4.68 Å². The minimum absolute atomic E-state index is 0.343. The summed E-state index contributed by atoms with van der Waals surface area (Å²) >= 11 is 0. The van der Waals surface area contributed by atoms with Crippen molar-refractivity contribution in [2.75, 3.05) is 31.6 Å². The van der Waals surface area contributed by atoms with Gasteiger partial charge in [0, 0.05) is 39.4 Å². The van der Waals surface area contributed by atoms with E-state index in [-0.39, 0.29) is 0 Å². The summed E-state index contributed by atoms with van der Waals surface area (Å²) in [6, 6.07) is 0. The van der Waals surface area contributed by atoms with E-state index in [1.165, 1.54) is 17.8 Å². The number of anilines is 1. The van der Waals surface area contributed by atoms with Crippen molar-refractivity contribution in [3.05, 3.63) is 11.3 Å². The van der Waals surface area contributed by atoms with Crippen LogP contribution >= 0.6 is 0 Å². The lowest BCUT2D eigenvalue weighted by Crippen LogP contribution is -2.40. The molecule has 0 aliphatic carbocycles. The topological polar surface area (TPSA) is 42.3 Å². The first kappa shape index (κ1) is 15.3. The van der Waals surface area contributed by atoms with Crippen molar-refractivity contribution in [1.82, 2.24) is 15.1 Å². The smallest absolute Gasteiger partial charge is 0.131 e. The first-order valence-corrected chi connectivity index (χ1v) is 7.68. The van der Waals surface area contributed by atoms with E-state index in [2.05, 4.69) is 29.2 Å². The molecule has 1 fully saturated rings. The number of aromatic nitrogens is 2. The Kier molecular flexibility index (Phi) is 5.43. The van der Waals surface area contributed by atoms with Crippen LogP contribution in [0.2, 0.25) is 0 Å². The third-order valence-corrected chi connectivity index (χ3v) is 4.05. The zero-order chi connectivity index (χ0) is 14.5. The summed E-state index contributed by atoms with van der Waals surface area (Å²) in [6.07, 6.45) is 3.84. The molecule has 1 aromatic rings. The van der Waals surface area contributed by atoms with Gasteiger partial charge in [-0.05, 0) is 32.7 Å². The maximum Gasteiger partial charge on any atom is 0.131 e. The van der Waals surface area contributed by atoms with Crippen LogP contribution in [0, 0.1) is 6.92 Å². The van der Waals surface area contributed by atoms with Crippen LogP contribution in [0.1, 0.15) is 37.4 Å². The van der Waals surface area contributed by atoms with Crippen molar-refractivity contribution in [2.24, 2.45) is 7.05 Å². The Balaban J connectivity index is 2.16.